The Hall–Kier alpha value is -3.53. The van der Waals surface area contributed by atoms with Crippen molar-refractivity contribution in [1.29, 1.82) is 0 Å². The van der Waals surface area contributed by atoms with E-state index in [4.69, 9.17) is 10.5 Å². The van der Waals surface area contributed by atoms with Crippen molar-refractivity contribution < 1.29 is 24.4 Å². The Morgan fingerprint density at radius 2 is 1.88 bits per heavy atom. The predicted octanol–water partition coefficient (Wildman–Crippen LogP) is 2.66. The maximum absolute atomic E-state index is 12.5. The zero-order valence-corrected chi connectivity index (χ0v) is 17.5. The Bertz CT molecular complexity index is 940. The van der Waals surface area contributed by atoms with Crippen molar-refractivity contribution in [3.05, 3.63) is 58.3 Å². The lowest BCUT2D eigenvalue weighted by Gasteiger charge is -2.27. The Morgan fingerprint density at radius 1 is 1.19 bits per heavy atom. The first-order valence-electron chi connectivity index (χ1n) is 10.5. The first-order chi connectivity index (χ1) is 15.4. The SMILES string of the molecule is NCC1CCC(C(=O)N[C@@H](Cc2ccc(Oc3ccc([N+](=O)[O-])cn3)cc2)C(=O)O)CC1. The van der Waals surface area contributed by atoms with Gasteiger partial charge >= 0.3 is 5.97 Å². The number of carbonyl (C=O) groups excluding carboxylic acids is 1. The number of aliphatic carboxylic acids is 1. The van der Waals surface area contributed by atoms with Gasteiger partial charge < -0.3 is 20.9 Å². The molecule has 1 aromatic heterocycles. The third-order valence-corrected chi connectivity index (χ3v) is 5.68. The van der Waals surface area contributed by atoms with Gasteiger partial charge in [-0.2, -0.15) is 0 Å². The van der Waals surface area contributed by atoms with Crippen LogP contribution in [0.2, 0.25) is 0 Å². The fraction of sp³-hybridized carbons (Fsp3) is 0.409. The lowest BCUT2D eigenvalue weighted by atomic mass is 9.81. The van der Waals surface area contributed by atoms with Gasteiger partial charge in [-0.1, -0.05) is 12.1 Å². The van der Waals surface area contributed by atoms with Crippen molar-refractivity contribution in [1.82, 2.24) is 10.3 Å². The lowest BCUT2D eigenvalue weighted by Crippen LogP contribution is -2.45. The number of benzene rings is 1. The normalized spacial score (nSPS) is 19.0. The molecule has 0 bridgehead atoms. The van der Waals surface area contributed by atoms with Gasteiger partial charge in [0, 0.05) is 24.5 Å². The minimum Gasteiger partial charge on any atom is -0.480 e. The Labute approximate surface area is 184 Å². The fourth-order valence-electron chi connectivity index (χ4n) is 3.74. The number of hydrogen-bond acceptors (Lipinski definition) is 7. The molecule has 1 amide bonds. The van der Waals surface area contributed by atoms with E-state index >= 15 is 0 Å². The van der Waals surface area contributed by atoms with E-state index in [1.807, 2.05) is 0 Å². The molecule has 10 nitrogen and oxygen atoms in total. The number of nitro groups is 1. The molecule has 0 unspecified atom stereocenters. The second-order valence-electron chi connectivity index (χ2n) is 7.91. The van der Waals surface area contributed by atoms with Crippen LogP contribution >= 0.6 is 0 Å². The lowest BCUT2D eigenvalue weighted by molar-refractivity contribution is -0.385. The zero-order valence-electron chi connectivity index (χ0n) is 17.5. The van der Waals surface area contributed by atoms with Gasteiger partial charge in [0.05, 0.1) is 4.92 Å². The summed E-state index contributed by atoms with van der Waals surface area (Å²) in [6, 6.07) is 8.35. The monoisotopic (exact) mass is 442 g/mol. The van der Waals surface area contributed by atoms with Crippen molar-refractivity contribution in [2.75, 3.05) is 6.54 Å². The molecule has 32 heavy (non-hydrogen) atoms. The molecule has 1 fully saturated rings. The minimum atomic E-state index is -1.09. The molecule has 1 aliphatic rings. The van der Waals surface area contributed by atoms with Crippen LogP contribution in [-0.2, 0) is 16.0 Å². The Kier molecular flexibility index (Phi) is 7.72. The van der Waals surface area contributed by atoms with E-state index in [0.717, 1.165) is 31.9 Å². The summed E-state index contributed by atoms with van der Waals surface area (Å²) in [5, 5.41) is 22.9. The number of rotatable bonds is 9. The highest BCUT2D eigenvalue weighted by atomic mass is 16.6. The summed E-state index contributed by atoms with van der Waals surface area (Å²) in [4.78, 5) is 38.3. The number of nitrogens with two attached hydrogens (primary N) is 1. The third-order valence-electron chi connectivity index (χ3n) is 5.68. The van der Waals surface area contributed by atoms with Crippen LogP contribution in [-0.4, -0.2) is 39.5 Å². The molecule has 0 saturated heterocycles. The highest BCUT2D eigenvalue weighted by molar-refractivity contribution is 5.85. The van der Waals surface area contributed by atoms with Gasteiger partial charge in [-0.3, -0.25) is 14.9 Å². The molecule has 1 saturated carbocycles. The fourth-order valence-corrected chi connectivity index (χ4v) is 3.74. The third kappa shape index (κ3) is 6.24. The van der Waals surface area contributed by atoms with E-state index in [-0.39, 0.29) is 29.8 Å². The van der Waals surface area contributed by atoms with E-state index in [9.17, 15) is 24.8 Å². The summed E-state index contributed by atoms with van der Waals surface area (Å²) >= 11 is 0. The molecule has 1 atom stereocenters. The molecular formula is C22H26N4O6. The smallest absolute Gasteiger partial charge is 0.326 e. The van der Waals surface area contributed by atoms with Crippen LogP contribution in [0.1, 0.15) is 31.2 Å². The number of nitrogens with zero attached hydrogens (tertiary/aromatic N) is 2. The number of amides is 1. The minimum absolute atomic E-state index is 0.134. The van der Waals surface area contributed by atoms with Gasteiger partial charge in [0.2, 0.25) is 11.8 Å². The Morgan fingerprint density at radius 3 is 2.41 bits per heavy atom. The first-order valence-corrected chi connectivity index (χ1v) is 10.5. The average molecular weight is 442 g/mol. The predicted molar refractivity (Wildman–Crippen MR) is 115 cm³/mol. The second-order valence-corrected chi connectivity index (χ2v) is 7.91. The van der Waals surface area contributed by atoms with Gasteiger partial charge in [-0.25, -0.2) is 9.78 Å². The second kappa shape index (κ2) is 10.7. The maximum Gasteiger partial charge on any atom is 0.326 e. The number of carboxylic acid groups (broad SMARTS) is 1. The molecule has 0 aliphatic heterocycles. The molecule has 1 aromatic carbocycles. The summed E-state index contributed by atoms with van der Waals surface area (Å²) < 4.78 is 5.55. The van der Waals surface area contributed by atoms with Crippen LogP contribution in [0.4, 0.5) is 5.69 Å². The highest BCUT2D eigenvalue weighted by Gasteiger charge is 2.29. The van der Waals surface area contributed by atoms with E-state index < -0.39 is 16.9 Å². The molecule has 3 rings (SSSR count). The van der Waals surface area contributed by atoms with Gasteiger partial charge in [-0.15, -0.1) is 0 Å². The topological polar surface area (TPSA) is 158 Å². The summed E-state index contributed by atoms with van der Waals surface area (Å²) in [6.45, 7) is 0.617. The van der Waals surface area contributed by atoms with Gasteiger partial charge in [-0.05, 0) is 55.8 Å². The molecule has 1 aliphatic carbocycles. The van der Waals surface area contributed by atoms with E-state index in [0.29, 0.717) is 23.8 Å². The quantitative estimate of drug-likeness (QED) is 0.395. The number of aromatic nitrogens is 1. The molecular weight excluding hydrogens is 416 g/mol. The highest BCUT2D eigenvalue weighted by Crippen LogP contribution is 2.28. The number of pyridine rings is 1. The molecule has 0 spiro atoms. The molecule has 1 heterocycles. The summed E-state index contributed by atoms with van der Waals surface area (Å²) in [7, 11) is 0. The Balaban J connectivity index is 1.56. The first kappa shape index (κ1) is 23.1. The molecule has 10 heteroatoms. The number of nitrogens with one attached hydrogen (secondary N) is 1. The number of hydrogen-bond donors (Lipinski definition) is 3. The number of carboxylic acids is 1. The van der Waals surface area contributed by atoms with E-state index in [2.05, 4.69) is 10.3 Å². The maximum atomic E-state index is 12.5. The summed E-state index contributed by atoms with van der Waals surface area (Å²) in [5.74, 6) is -0.409. The van der Waals surface area contributed by atoms with Gasteiger partial charge in [0.15, 0.2) is 0 Å². The summed E-state index contributed by atoms with van der Waals surface area (Å²) in [5.41, 5.74) is 6.27. The van der Waals surface area contributed by atoms with Crippen molar-refractivity contribution in [2.24, 2.45) is 17.6 Å². The van der Waals surface area contributed by atoms with Crippen LogP contribution in [0.5, 0.6) is 11.6 Å². The summed E-state index contributed by atoms with van der Waals surface area (Å²) in [6.07, 6.45) is 4.46. The average Bonchev–Trinajstić information content (AvgIpc) is 2.80. The molecule has 170 valence electrons. The van der Waals surface area contributed by atoms with Crippen LogP contribution in [0.25, 0.3) is 0 Å². The van der Waals surface area contributed by atoms with Crippen molar-refractivity contribution >= 4 is 17.6 Å². The number of carbonyl (C=O) groups is 2. The largest absolute Gasteiger partial charge is 0.480 e. The van der Waals surface area contributed by atoms with Gasteiger partial charge in [0.25, 0.3) is 5.69 Å². The standard InChI is InChI=1S/C22H26N4O6/c23-12-15-1-5-16(6-2-15)21(27)25-19(22(28)29)11-14-3-8-18(9-4-14)32-20-10-7-17(13-24-20)26(30)31/h3-4,7-10,13,15-16,19H,1-2,5-6,11-12,23H2,(H,25,27)(H,28,29)/t15?,16?,19-/m0/s1. The molecule has 0 radical (unpaired) electrons. The zero-order chi connectivity index (χ0) is 23.1. The molecule has 4 N–H and O–H groups in total. The molecule has 2 aromatic rings. The van der Waals surface area contributed by atoms with Crippen LogP contribution in [0, 0.1) is 22.0 Å². The number of ether oxygens (including phenoxy) is 1. The van der Waals surface area contributed by atoms with E-state index in [1.165, 1.54) is 12.1 Å². The van der Waals surface area contributed by atoms with Crippen LogP contribution < -0.4 is 15.8 Å². The van der Waals surface area contributed by atoms with E-state index in [1.54, 1.807) is 24.3 Å². The van der Waals surface area contributed by atoms with Crippen molar-refractivity contribution in [3.8, 4) is 11.6 Å². The van der Waals surface area contributed by atoms with Crippen LogP contribution in [0.3, 0.4) is 0 Å². The van der Waals surface area contributed by atoms with Gasteiger partial charge in [0.1, 0.15) is 18.0 Å². The van der Waals surface area contributed by atoms with Crippen LogP contribution in [0.15, 0.2) is 42.6 Å². The van der Waals surface area contributed by atoms with Crippen molar-refractivity contribution in [3.63, 3.8) is 0 Å². The van der Waals surface area contributed by atoms with Crippen molar-refractivity contribution in [2.45, 2.75) is 38.1 Å².